The Morgan fingerprint density at radius 3 is 2.37 bits per heavy atom. The summed E-state index contributed by atoms with van der Waals surface area (Å²) in [6.45, 7) is 0. The smallest absolute Gasteiger partial charge is 0.248 e. The number of carbonyl (C=O) groups is 2. The van der Waals surface area contributed by atoms with E-state index in [9.17, 15) is 9.59 Å². The molecule has 19 heavy (non-hydrogen) atoms. The third-order valence-electron chi connectivity index (χ3n) is 2.46. The van der Waals surface area contributed by atoms with E-state index in [-0.39, 0.29) is 0 Å². The SMILES string of the molecule is NC(=O)c1ccc(Oc2ccc(C=O)cc2)c(Br)c1. The largest absolute Gasteiger partial charge is 0.456 e. The maximum absolute atomic E-state index is 11.0. The highest BCUT2D eigenvalue weighted by molar-refractivity contribution is 9.10. The number of carbonyl (C=O) groups excluding carboxylic acids is 2. The third-order valence-corrected chi connectivity index (χ3v) is 3.08. The van der Waals surface area contributed by atoms with Crippen molar-refractivity contribution in [2.75, 3.05) is 0 Å². The first-order chi connectivity index (χ1) is 9.10. The Morgan fingerprint density at radius 1 is 1.16 bits per heavy atom. The Balaban J connectivity index is 2.22. The number of hydrogen-bond acceptors (Lipinski definition) is 3. The van der Waals surface area contributed by atoms with Crippen LogP contribution in [0.2, 0.25) is 0 Å². The van der Waals surface area contributed by atoms with Gasteiger partial charge in [-0.2, -0.15) is 0 Å². The van der Waals surface area contributed by atoms with Crippen LogP contribution in [-0.2, 0) is 0 Å². The number of aldehydes is 1. The van der Waals surface area contributed by atoms with Crippen molar-refractivity contribution in [3.63, 3.8) is 0 Å². The molecule has 0 saturated heterocycles. The molecule has 0 unspecified atom stereocenters. The molecule has 0 bridgehead atoms. The summed E-state index contributed by atoms with van der Waals surface area (Å²) in [5, 5.41) is 0. The Labute approximate surface area is 118 Å². The minimum Gasteiger partial charge on any atom is -0.456 e. The van der Waals surface area contributed by atoms with Gasteiger partial charge < -0.3 is 10.5 Å². The maximum atomic E-state index is 11.0. The molecule has 2 aromatic carbocycles. The van der Waals surface area contributed by atoms with Gasteiger partial charge in [0.05, 0.1) is 4.47 Å². The Hall–Kier alpha value is -2.14. The molecule has 0 heterocycles. The van der Waals surface area contributed by atoms with Crippen LogP contribution < -0.4 is 10.5 Å². The second kappa shape index (κ2) is 5.67. The summed E-state index contributed by atoms with van der Waals surface area (Å²) in [6.07, 6.45) is 0.765. The van der Waals surface area contributed by atoms with Gasteiger partial charge in [0, 0.05) is 11.1 Å². The topological polar surface area (TPSA) is 69.4 Å². The van der Waals surface area contributed by atoms with Crippen molar-refractivity contribution in [2.24, 2.45) is 5.73 Å². The number of halogens is 1. The van der Waals surface area contributed by atoms with E-state index in [4.69, 9.17) is 10.5 Å². The van der Waals surface area contributed by atoms with Crippen molar-refractivity contribution >= 4 is 28.1 Å². The lowest BCUT2D eigenvalue weighted by Crippen LogP contribution is -2.10. The lowest BCUT2D eigenvalue weighted by atomic mass is 10.2. The Morgan fingerprint density at radius 2 is 1.84 bits per heavy atom. The lowest BCUT2D eigenvalue weighted by molar-refractivity contribution is 0.0999. The molecule has 1 amide bonds. The minimum absolute atomic E-state index is 0.399. The molecule has 0 radical (unpaired) electrons. The van der Waals surface area contributed by atoms with E-state index in [1.54, 1.807) is 42.5 Å². The molecule has 2 aromatic rings. The molecule has 4 nitrogen and oxygen atoms in total. The number of benzene rings is 2. The maximum Gasteiger partial charge on any atom is 0.248 e. The average Bonchev–Trinajstić information content (AvgIpc) is 2.41. The van der Waals surface area contributed by atoms with Crippen LogP contribution in [0.25, 0.3) is 0 Å². The van der Waals surface area contributed by atoms with E-state index in [2.05, 4.69) is 15.9 Å². The van der Waals surface area contributed by atoms with Crippen LogP contribution in [0.3, 0.4) is 0 Å². The van der Waals surface area contributed by atoms with Crippen molar-refractivity contribution in [1.29, 1.82) is 0 Å². The van der Waals surface area contributed by atoms with Crippen LogP contribution in [0.1, 0.15) is 20.7 Å². The van der Waals surface area contributed by atoms with Gasteiger partial charge in [-0.3, -0.25) is 9.59 Å². The molecule has 0 aliphatic carbocycles. The second-order valence-electron chi connectivity index (χ2n) is 3.80. The van der Waals surface area contributed by atoms with Crippen LogP contribution in [0, 0.1) is 0 Å². The van der Waals surface area contributed by atoms with Gasteiger partial charge in [0.1, 0.15) is 17.8 Å². The van der Waals surface area contributed by atoms with Crippen LogP contribution in [0.4, 0.5) is 0 Å². The zero-order valence-electron chi connectivity index (χ0n) is 9.80. The molecule has 2 N–H and O–H groups in total. The van der Waals surface area contributed by atoms with Crippen LogP contribution in [0.15, 0.2) is 46.9 Å². The molecule has 0 atom stereocenters. The zero-order chi connectivity index (χ0) is 13.8. The molecule has 96 valence electrons. The van der Waals surface area contributed by atoms with E-state index in [1.165, 1.54) is 0 Å². The summed E-state index contributed by atoms with van der Waals surface area (Å²) in [5.74, 6) is 0.657. The molecule has 0 aromatic heterocycles. The summed E-state index contributed by atoms with van der Waals surface area (Å²) >= 11 is 3.31. The highest BCUT2D eigenvalue weighted by atomic mass is 79.9. The highest BCUT2D eigenvalue weighted by Gasteiger charge is 2.07. The number of hydrogen-bond donors (Lipinski definition) is 1. The summed E-state index contributed by atoms with van der Waals surface area (Å²) in [6, 6.07) is 11.5. The van der Waals surface area contributed by atoms with E-state index in [0.717, 1.165) is 6.29 Å². The molecular weight excluding hydrogens is 310 g/mol. The summed E-state index contributed by atoms with van der Waals surface area (Å²) in [4.78, 5) is 21.6. The number of ether oxygens (including phenoxy) is 1. The van der Waals surface area contributed by atoms with Gasteiger partial charge in [-0.15, -0.1) is 0 Å². The van der Waals surface area contributed by atoms with Crippen LogP contribution >= 0.6 is 15.9 Å². The molecule has 0 fully saturated rings. The fourth-order valence-corrected chi connectivity index (χ4v) is 1.94. The average molecular weight is 320 g/mol. The standard InChI is InChI=1S/C14H10BrNO3/c15-12-7-10(14(16)18)3-6-13(12)19-11-4-1-9(8-17)2-5-11/h1-8H,(H2,16,18). The van der Waals surface area contributed by atoms with E-state index in [0.29, 0.717) is 27.1 Å². The quantitative estimate of drug-likeness (QED) is 0.880. The van der Waals surface area contributed by atoms with Crippen molar-refractivity contribution < 1.29 is 14.3 Å². The van der Waals surface area contributed by atoms with Gasteiger partial charge in [0.25, 0.3) is 0 Å². The lowest BCUT2D eigenvalue weighted by Gasteiger charge is -2.08. The van der Waals surface area contributed by atoms with E-state index < -0.39 is 5.91 Å². The van der Waals surface area contributed by atoms with Crippen LogP contribution in [0.5, 0.6) is 11.5 Å². The van der Waals surface area contributed by atoms with Crippen LogP contribution in [-0.4, -0.2) is 12.2 Å². The molecule has 0 saturated carbocycles. The zero-order valence-corrected chi connectivity index (χ0v) is 11.4. The Kier molecular flexibility index (Phi) is 3.97. The predicted molar refractivity (Wildman–Crippen MR) is 74.6 cm³/mol. The van der Waals surface area contributed by atoms with E-state index >= 15 is 0 Å². The molecule has 5 heteroatoms. The van der Waals surface area contributed by atoms with Gasteiger partial charge in [0.2, 0.25) is 5.91 Å². The van der Waals surface area contributed by atoms with Gasteiger partial charge in [0.15, 0.2) is 0 Å². The molecule has 0 spiro atoms. The first-order valence-electron chi connectivity index (χ1n) is 5.42. The summed E-state index contributed by atoms with van der Waals surface area (Å²) < 4.78 is 6.26. The molecule has 0 aliphatic rings. The first kappa shape index (κ1) is 13.3. The Bertz CT molecular complexity index is 623. The van der Waals surface area contributed by atoms with Gasteiger partial charge >= 0.3 is 0 Å². The minimum atomic E-state index is -0.498. The second-order valence-corrected chi connectivity index (χ2v) is 4.65. The predicted octanol–water partition coefficient (Wildman–Crippen LogP) is 3.15. The van der Waals surface area contributed by atoms with Crippen molar-refractivity contribution in [3.05, 3.63) is 58.1 Å². The normalized spacial score (nSPS) is 9.95. The fraction of sp³-hybridized carbons (Fsp3) is 0. The van der Waals surface area contributed by atoms with E-state index in [1.807, 2.05) is 0 Å². The van der Waals surface area contributed by atoms with Gasteiger partial charge in [-0.1, -0.05) is 0 Å². The summed E-state index contributed by atoms with van der Waals surface area (Å²) in [7, 11) is 0. The molecule has 2 rings (SSSR count). The first-order valence-corrected chi connectivity index (χ1v) is 6.22. The number of nitrogens with two attached hydrogens (primary N) is 1. The monoisotopic (exact) mass is 319 g/mol. The highest BCUT2D eigenvalue weighted by Crippen LogP contribution is 2.30. The van der Waals surface area contributed by atoms with Crippen molar-refractivity contribution in [3.8, 4) is 11.5 Å². The van der Waals surface area contributed by atoms with Gasteiger partial charge in [-0.05, 0) is 58.4 Å². The number of amides is 1. The van der Waals surface area contributed by atoms with Crippen molar-refractivity contribution in [1.82, 2.24) is 0 Å². The summed E-state index contributed by atoms with van der Waals surface area (Å²) in [5.41, 5.74) is 6.16. The number of primary amides is 1. The number of rotatable bonds is 4. The molecular formula is C14H10BrNO3. The molecule has 0 aliphatic heterocycles. The van der Waals surface area contributed by atoms with Crippen molar-refractivity contribution in [2.45, 2.75) is 0 Å². The third kappa shape index (κ3) is 3.20. The van der Waals surface area contributed by atoms with Gasteiger partial charge in [-0.25, -0.2) is 0 Å². The fourth-order valence-electron chi connectivity index (χ4n) is 1.48.